The lowest BCUT2D eigenvalue weighted by molar-refractivity contribution is -0.129. The van der Waals surface area contributed by atoms with Gasteiger partial charge in [0.05, 0.1) is 0 Å². The van der Waals surface area contributed by atoms with Crippen LogP contribution in [0.4, 0.5) is 0 Å². The summed E-state index contributed by atoms with van der Waals surface area (Å²) >= 11 is 0. The van der Waals surface area contributed by atoms with Crippen molar-refractivity contribution in [2.45, 2.75) is 46.0 Å². The Balaban J connectivity index is 2.26. The van der Waals surface area contributed by atoms with Crippen LogP contribution in [0.2, 0.25) is 0 Å². The monoisotopic (exact) mass is 166 g/mol. The first kappa shape index (κ1) is 8.28. The van der Waals surface area contributed by atoms with E-state index >= 15 is 0 Å². The Kier molecular flexibility index (Phi) is 1.78. The molecule has 0 aromatic heterocycles. The number of carbonyl (C=O) groups is 1. The first-order valence-electron chi connectivity index (χ1n) is 5.17. The summed E-state index contributed by atoms with van der Waals surface area (Å²) in [5.74, 6) is 1.74. The normalized spacial score (nSPS) is 47.7. The summed E-state index contributed by atoms with van der Waals surface area (Å²) < 4.78 is 0. The lowest BCUT2D eigenvalue weighted by atomic mass is 9.65. The summed E-state index contributed by atoms with van der Waals surface area (Å²) in [6.45, 7) is 4.64. The first-order chi connectivity index (χ1) is 5.64. The maximum absolute atomic E-state index is 11.6. The largest absolute Gasteiger partial charge is 0.299 e. The van der Waals surface area contributed by atoms with Gasteiger partial charge in [-0.2, -0.15) is 0 Å². The van der Waals surface area contributed by atoms with Crippen molar-refractivity contribution in [3.8, 4) is 0 Å². The Bertz CT molecular complexity index is 209. The highest BCUT2D eigenvalue weighted by atomic mass is 16.1. The maximum atomic E-state index is 11.6. The predicted octanol–water partition coefficient (Wildman–Crippen LogP) is 2.79. The van der Waals surface area contributed by atoms with Gasteiger partial charge in [0, 0.05) is 12.3 Å². The highest BCUT2D eigenvalue weighted by Crippen LogP contribution is 2.53. The molecule has 2 saturated carbocycles. The van der Waals surface area contributed by atoms with E-state index in [1.54, 1.807) is 0 Å². The number of carbonyl (C=O) groups excluding carboxylic acids is 1. The van der Waals surface area contributed by atoms with E-state index in [0.717, 1.165) is 25.2 Å². The predicted molar refractivity (Wildman–Crippen MR) is 48.9 cm³/mol. The SMILES string of the molecule is CC1CCC2C(=O)CCC[C@]12C. The van der Waals surface area contributed by atoms with E-state index in [9.17, 15) is 4.79 Å². The van der Waals surface area contributed by atoms with Crippen molar-refractivity contribution in [2.24, 2.45) is 17.3 Å². The summed E-state index contributed by atoms with van der Waals surface area (Å²) in [7, 11) is 0. The summed E-state index contributed by atoms with van der Waals surface area (Å²) in [6.07, 6.45) is 5.71. The summed E-state index contributed by atoms with van der Waals surface area (Å²) in [4.78, 5) is 11.6. The van der Waals surface area contributed by atoms with Gasteiger partial charge in [0.15, 0.2) is 0 Å². The molecule has 0 N–H and O–H groups in total. The Morgan fingerprint density at radius 3 is 2.83 bits per heavy atom. The van der Waals surface area contributed by atoms with E-state index in [1.165, 1.54) is 12.8 Å². The highest BCUT2D eigenvalue weighted by molar-refractivity contribution is 5.83. The molecular weight excluding hydrogens is 148 g/mol. The lowest BCUT2D eigenvalue weighted by Crippen LogP contribution is -2.36. The second-order valence-corrected chi connectivity index (χ2v) is 4.86. The van der Waals surface area contributed by atoms with Crippen LogP contribution in [-0.4, -0.2) is 5.78 Å². The molecule has 2 rings (SSSR count). The standard InChI is InChI=1S/C11H18O/c1-8-5-6-9-10(12)4-3-7-11(8,9)2/h8-9H,3-7H2,1-2H3/t8?,9?,11-/m1/s1. The fourth-order valence-electron chi connectivity index (χ4n) is 3.19. The Morgan fingerprint density at radius 1 is 1.42 bits per heavy atom. The molecule has 2 aliphatic rings. The van der Waals surface area contributed by atoms with Crippen molar-refractivity contribution in [1.29, 1.82) is 0 Å². The van der Waals surface area contributed by atoms with Gasteiger partial charge >= 0.3 is 0 Å². The Labute approximate surface area is 74.5 Å². The van der Waals surface area contributed by atoms with Gasteiger partial charge in [-0.15, -0.1) is 0 Å². The molecule has 0 amide bonds. The molecule has 0 heterocycles. The van der Waals surface area contributed by atoms with Crippen LogP contribution in [0.25, 0.3) is 0 Å². The number of fused-ring (bicyclic) bond motifs is 1. The van der Waals surface area contributed by atoms with Crippen LogP contribution in [0.5, 0.6) is 0 Å². The topological polar surface area (TPSA) is 17.1 Å². The molecular formula is C11H18O. The number of Topliss-reactive ketones (excluding diaryl/α,β-unsaturated/α-hetero) is 1. The van der Waals surface area contributed by atoms with Gasteiger partial charge in [-0.1, -0.05) is 13.8 Å². The number of rotatable bonds is 0. The van der Waals surface area contributed by atoms with Crippen molar-refractivity contribution >= 4 is 5.78 Å². The Morgan fingerprint density at radius 2 is 2.17 bits per heavy atom. The van der Waals surface area contributed by atoms with Crippen molar-refractivity contribution in [2.75, 3.05) is 0 Å². The molecule has 0 radical (unpaired) electrons. The van der Waals surface area contributed by atoms with Gasteiger partial charge in [0.2, 0.25) is 0 Å². The van der Waals surface area contributed by atoms with Gasteiger partial charge in [-0.3, -0.25) is 4.79 Å². The molecule has 1 nitrogen and oxygen atoms in total. The summed E-state index contributed by atoms with van der Waals surface area (Å²) in [5.41, 5.74) is 0.370. The summed E-state index contributed by atoms with van der Waals surface area (Å²) in [6, 6.07) is 0. The molecule has 2 aliphatic carbocycles. The molecule has 0 spiro atoms. The number of hydrogen-bond acceptors (Lipinski definition) is 1. The van der Waals surface area contributed by atoms with E-state index in [1.807, 2.05) is 0 Å². The number of ketones is 1. The molecule has 0 saturated heterocycles. The molecule has 2 fully saturated rings. The lowest BCUT2D eigenvalue weighted by Gasteiger charge is -2.38. The van der Waals surface area contributed by atoms with Gasteiger partial charge in [-0.05, 0) is 37.0 Å². The smallest absolute Gasteiger partial charge is 0.136 e. The third kappa shape index (κ3) is 0.949. The van der Waals surface area contributed by atoms with Crippen LogP contribution >= 0.6 is 0 Å². The summed E-state index contributed by atoms with van der Waals surface area (Å²) in [5, 5.41) is 0. The quantitative estimate of drug-likeness (QED) is 0.541. The second kappa shape index (κ2) is 2.58. The van der Waals surface area contributed by atoms with E-state index in [2.05, 4.69) is 13.8 Å². The molecule has 3 atom stereocenters. The van der Waals surface area contributed by atoms with E-state index in [-0.39, 0.29) is 0 Å². The first-order valence-corrected chi connectivity index (χ1v) is 5.17. The third-order valence-corrected chi connectivity index (χ3v) is 4.34. The van der Waals surface area contributed by atoms with Crippen LogP contribution in [0.1, 0.15) is 46.0 Å². The van der Waals surface area contributed by atoms with Crippen molar-refractivity contribution in [1.82, 2.24) is 0 Å². The molecule has 0 aromatic carbocycles. The fraction of sp³-hybridized carbons (Fsp3) is 0.909. The minimum absolute atomic E-state index is 0.370. The van der Waals surface area contributed by atoms with Gasteiger partial charge < -0.3 is 0 Å². The van der Waals surface area contributed by atoms with Crippen LogP contribution < -0.4 is 0 Å². The van der Waals surface area contributed by atoms with Crippen molar-refractivity contribution in [3.05, 3.63) is 0 Å². The van der Waals surface area contributed by atoms with Crippen molar-refractivity contribution in [3.63, 3.8) is 0 Å². The average Bonchev–Trinajstić information content (AvgIpc) is 2.30. The van der Waals surface area contributed by atoms with Gasteiger partial charge in [-0.25, -0.2) is 0 Å². The van der Waals surface area contributed by atoms with E-state index in [0.29, 0.717) is 17.1 Å². The third-order valence-electron chi connectivity index (χ3n) is 4.34. The molecule has 1 heteroatoms. The number of hydrogen-bond donors (Lipinski definition) is 0. The van der Waals surface area contributed by atoms with Crippen LogP contribution in [0, 0.1) is 17.3 Å². The van der Waals surface area contributed by atoms with E-state index < -0.39 is 0 Å². The fourth-order valence-corrected chi connectivity index (χ4v) is 3.19. The molecule has 68 valence electrons. The molecule has 0 aromatic rings. The minimum Gasteiger partial charge on any atom is -0.299 e. The second-order valence-electron chi connectivity index (χ2n) is 4.86. The average molecular weight is 166 g/mol. The minimum atomic E-state index is 0.370. The van der Waals surface area contributed by atoms with E-state index in [4.69, 9.17) is 0 Å². The molecule has 0 aliphatic heterocycles. The molecule has 12 heavy (non-hydrogen) atoms. The van der Waals surface area contributed by atoms with Crippen LogP contribution in [0.15, 0.2) is 0 Å². The van der Waals surface area contributed by atoms with Gasteiger partial charge in [0.1, 0.15) is 5.78 Å². The molecule has 2 unspecified atom stereocenters. The zero-order valence-corrected chi connectivity index (χ0v) is 8.10. The van der Waals surface area contributed by atoms with Gasteiger partial charge in [0.25, 0.3) is 0 Å². The maximum Gasteiger partial charge on any atom is 0.136 e. The zero-order valence-electron chi connectivity index (χ0n) is 8.10. The van der Waals surface area contributed by atoms with Crippen molar-refractivity contribution < 1.29 is 4.79 Å². The Hall–Kier alpha value is -0.330. The van der Waals surface area contributed by atoms with Crippen LogP contribution in [-0.2, 0) is 4.79 Å². The zero-order chi connectivity index (χ0) is 8.77. The highest BCUT2D eigenvalue weighted by Gasteiger charge is 2.48. The van der Waals surface area contributed by atoms with Crippen LogP contribution in [0.3, 0.4) is 0 Å². The molecule has 0 bridgehead atoms.